The molecular formula is C26H30N6O4. The van der Waals surface area contributed by atoms with E-state index in [1.165, 1.54) is 6.33 Å². The van der Waals surface area contributed by atoms with Crippen molar-refractivity contribution in [1.29, 1.82) is 5.41 Å². The number of piperidine rings is 1. The normalized spacial score (nSPS) is 15.4. The molecule has 1 aliphatic heterocycles. The molecule has 10 nitrogen and oxygen atoms in total. The average molecular weight is 491 g/mol. The van der Waals surface area contributed by atoms with E-state index in [0.29, 0.717) is 41.5 Å². The number of hydrogen-bond donors (Lipinski definition) is 5. The number of ether oxygens (including phenoxy) is 1. The van der Waals surface area contributed by atoms with Crippen molar-refractivity contribution in [3.05, 3.63) is 65.5 Å². The van der Waals surface area contributed by atoms with Gasteiger partial charge in [0.1, 0.15) is 35.2 Å². The highest BCUT2D eigenvalue weighted by Crippen LogP contribution is 2.29. The summed E-state index contributed by atoms with van der Waals surface area (Å²) in [4.78, 5) is 22.4. The van der Waals surface area contributed by atoms with E-state index < -0.39 is 0 Å². The van der Waals surface area contributed by atoms with Crippen LogP contribution in [0.15, 0.2) is 48.8 Å². The Balaban J connectivity index is 1.50. The number of nitrogens with two attached hydrogens (primary N) is 1. The number of nitrogens with one attached hydrogen (secondary N) is 2. The lowest BCUT2D eigenvalue weighted by Gasteiger charge is -2.33. The zero-order chi connectivity index (χ0) is 25.7. The lowest BCUT2D eigenvalue weighted by atomic mass is 10.0. The number of aromatic hydroxyl groups is 1. The number of anilines is 2. The average Bonchev–Trinajstić information content (AvgIpc) is 2.87. The quantitative estimate of drug-likeness (QED) is 0.301. The molecule has 188 valence electrons. The third-order valence-corrected chi connectivity index (χ3v) is 6.13. The first kappa shape index (κ1) is 24.9. The van der Waals surface area contributed by atoms with Gasteiger partial charge in [0.05, 0.1) is 17.9 Å². The highest BCUT2D eigenvalue weighted by molar-refractivity contribution is 6.16. The molecule has 1 fully saturated rings. The van der Waals surface area contributed by atoms with E-state index in [1.54, 1.807) is 47.4 Å². The largest absolute Gasteiger partial charge is 0.508 e. The van der Waals surface area contributed by atoms with Crippen molar-refractivity contribution in [3.8, 4) is 17.2 Å². The molecule has 2 heterocycles. The molecule has 1 saturated heterocycles. The lowest BCUT2D eigenvalue weighted by molar-refractivity contribution is -0.132. The number of aryl methyl sites for hydroxylation is 1. The fourth-order valence-electron chi connectivity index (χ4n) is 4.15. The number of benzene rings is 2. The maximum atomic E-state index is 12.2. The number of phenols is 1. The summed E-state index contributed by atoms with van der Waals surface area (Å²) in [5.41, 5.74) is 8.06. The smallest absolute Gasteiger partial charge is 0.224 e. The number of nitrogen functional groups attached to an aromatic ring is 1. The number of rotatable bonds is 8. The molecule has 3 aromatic rings. The van der Waals surface area contributed by atoms with Gasteiger partial charge in [-0.25, -0.2) is 9.97 Å². The molecule has 36 heavy (non-hydrogen) atoms. The summed E-state index contributed by atoms with van der Waals surface area (Å²) in [5, 5.41) is 31.1. The first-order chi connectivity index (χ1) is 17.4. The minimum Gasteiger partial charge on any atom is -0.508 e. The van der Waals surface area contributed by atoms with E-state index in [9.17, 15) is 9.90 Å². The van der Waals surface area contributed by atoms with Gasteiger partial charge >= 0.3 is 0 Å². The van der Waals surface area contributed by atoms with Crippen LogP contribution in [0, 0.1) is 12.3 Å². The predicted molar refractivity (Wildman–Crippen MR) is 137 cm³/mol. The van der Waals surface area contributed by atoms with E-state index in [-0.39, 0.29) is 42.3 Å². The van der Waals surface area contributed by atoms with E-state index in [4.69, 9.17) is 21.0 Å². The number of hydrogen-bond acceptors (Lipinski definition) is 9. The van der Waals surface area contributed by atoms with E-state index in [1.807, 2.05) is 6.92 Å². The van der Waals surface area contributed by atoms with Crippen LogP contribution in [0.2, 0.25) is 0 Å². The Morgan fingerprint density at radius 2 is 1.97 bits per heavy atom. The van der Waals surface area contributed by atoms with Gasteiger partial charge in [-0.15, -0.1) is 0 Å². The second-order valence-electron chi connectivity index (χ2n) is 8.73. The third kappa shape index (κ3) is 5.72. The lowest BCUT2D eigenvalue weighted by Crippen LogP contribution is -2.45. The molecule has 1 unspecified atom stereocenters. The van der Waals surface area contributed by atoms with Crippen LogP contribution >= 0.6 is 0 Å². The van der Waals surface area contributed by atoms with Gasteiger partial charge in [-0.05, 0) is 55.7 Å². The molecule has 0 saturated carbocycles. The molecule has 6 N–H and O–H groups in total. The number of aliphatic hydroxyl groups excluding tert-OH is 1. The van der Waals surface area contributed by atoms with Crippen molar-refractivity contribution in [2.45, 2.75) is 32.2 Å². The Hall–Kier alpha value is -4.18. The Morgan fingerprint density at radius 1 is 1.22 bits per heavy atom. The topological polar surface area (TPSA) is 158 Å². The van der Waals surface area contributed by atoms with Gasteiger partial charge in [-0.2, -0.15) is 0 Å². The molecule has 0 aliphatic carbocycles. The summed E-state index contributed by atoms with van der Waals surface area (Å²) >= 11 is 0. The number of amides is 1. The number of carbonyl (C=O) groups excluding carboxylic acids is 1. The summed E-state index contributed by atoms with van der Waals surface area (Å²) < 4.78 is 5.81. The van der Waals surface area contributed by atoms with Crippen LogP contribution in [0.25, 0.3) is 0 Å². The molecule has 0 bridgehead atoms. The number of likely N-dealkylation sites (tertiary alicyclic amines) is 1. The van der Waals surface area contributed by atoms with E-state index >= 15 is 0 Å². The highest BCUT2D eigenvalue weighted by Gasteiger charge is 2.25. The fourth-order valence-corrected chi connectivity index (χ4v) is 4.15. The number of phenolic OH excluding ortho intramolecular Hbond substituents is 1. The van der Waals surface area contributed by atoms with Crippen LogP contribution in [-0.4, -0.2) is 62.4 Å². The molecule has 1 atom stereocenters. The minimum absolute atomic E-state index is 0.0658. The van der Waals surface area contributed by atoms with E-state index in [0.717, 1.165) is 18.4 Å². The van der Waals surface area contributed by atoms with Crippen molar-refractivity contribution >= 4 is 23.3 Å². The number of aliphatic hydroxyl groups is 1. The van der Waals surface area contributed by atoms with Gasteiger partial charge in [0.2, 0.25) is 5.91 Å². The third-order valence-electron chi connectivity index (χ3n) is 6.13. The SMILES string of the molecule is Cc1ccc(Oc2ccc(C(=N)c3c(N)ncnc3NC3CCCN(C(=O)CCO)C3)cc2)cc1O. The molecule has 1 amide bonds. The zero-order valence-corrected chi connectivity index (χ0v) is 20.1. The summed E-state index contributed by atoms with van der Waals surface area (Å²) in [6, 6.07) is 12.0. The monoisotopic (exact) mass is 490 g/mol. The number of carbonyl (C=O) groups is 1. The summed E-state index contributed by atoms with van der Waals surface area (Å²) in [6.45, 7) is 2.77. The Labute approximate surface area is 209 Å². The van der Waals surface area contributed by atoms with Crippen molar-refractivity contribution < 1.29 is 19.7 Å². The van der Waals surface area contributed by atoms with Crippen LogP contribution in [0.4, 0.5) is 11.6 Å². The summed E-state index contributed by atoms with van der Waals surface area (Å²) in [6.07, 6.45) is 3.11. The molecule has 1 aliphatic rings. The van der Waals surface area contributed by atoms with Crippen LogP contribution in [0.3, 0.4) is 0 Å². The standard InChI is InChI=1S/C26H30N6O4/c1-16-4-7-20(13-21(16)34)36-19-8-5-17(6-9-19)24(27)23-25(28)29-15-30-26(23)31-18-3-2-11-32(14-18)22(35)10-12-33/h4-9,13,15,18,27,33-34H,2-3,10-12,14H2,1H3,(H3,28,29,30,31). The van der Waals surface area contributed by atoms with Gasteiger partial charge in [0.25, 0.3) is 0 Å². The van der Waals surface area contributed by atoms with Crippen LogP contribution < -0.4 is 15.8 Å². The molecule has 0 spiro atoms. The summed E-state index contributed by atoms with van der Waals surface area (Å²) in [7, 11) is 0. The van der Waals surface area contributed by atoms with Gasteiger partial charge in [0.15, 0.2) is 0 Å². The maximum Gasteiger partial charge on any atom is 0.224 e. The van der Waals surface area contributed by atoms with Crippen LogP contribution in [0.5, 0.6) is 17.2 Å². The Kier molecular flexibility index (Phi) is 7.65. The fraction of sp³-hybridized carbons (Fsp3) is 0.308. The van der Waals surface area contributed by atoms with Gasteiger partial charge in [-0.3, -0.25) is 10.2 Å². The van der Waals surface area contributed by atoms with Crippen molar-refractivity contribution in [1.82, 2.24) is 14.9 Å². The second-order valence-corrected chi connectivity index (χ2v) is 8.73. The number of aromatic nitrogens is 2. The zero-order valence-electron chi connectivity index (χ0n) is 20.1. The Morgan fingerprint density at radius 3 is 2.69 bits per heavy atom. The van der Waals surface area contributed by atoms with Gasteiger partial charge < -0.3 is 30.9 Å². The van der Waals surface area contributed by atoms with Gasteiger partial charge in [0, 0.05) is 37.2 Å². The van der Waals surface area contributed by atoms with Crippen LogP contribution in [-0.2, 0) is 4.79 Å². The van der Waals surface area contributed by atoms with Crippen molar-refractivity contribution in [3.63, 3.8) is 0 Å². The first-order valence-corrected chi connectivity index (χ1v) is 11.8. The molecular weight excluding hydrogens is 460 g/mol. The Bertz CT molecular complexity index is 1250. The summed E-state index contributed by atoms with van der Waals surface area (Å²) in [5.74, 6) is 1.75. The predicted octanol–water partition coefficient (Wildman–Crippen LogP) is 3.07. The molecule has 2 aromatic carbocycles. The molecule has 10 heteroatoms. The maximum absolute atomic E-state index is 12.2. The molecule has 4 rings (SSSR count). The van der Waals surface area contributed by atoms with Crippen LogP contribution in [0.1, 0.15) is 36.0 Å². The van der Waals surface area contributed by atoms with Crippen molar-refractivity contribution in [2.24, 2.45) is 0 Å². The second kappa shape index (κ2) is 11.0. The molecule has 1 aromatic heterocycles. The first-order valence-electron chi connectivity index (χ1n) is 11.8. The van der Waals surface area contributed by atoms with Crippen molar-refractivity contribution in [2.75, 3.05) is 30.7 Å². The number of nitrogens with zero attached hydrogens (tertiary/aromatic N) is 3. The molecule has 0 radical (unpaired) electrons. The highest BCUT2D eigenvalue weighted by atomic mass is 16.5. The van der Waals surface area contributed by atoms with E-state index in [2.05, 4.69) is 15.3 Å². The minimum atomic E-state index is -0.172. The van der Waals surface area contributed by atoms with Gasteiger partial charge in [-0.1, -0.05) is 6.07 Å².